The van der Waals surface area contributed by atoms with Crippen LogP contribution < -0.4 is 21.7 Å². The van der Waals surface area contributed by atoms with E-state index in [0.29, 0.717) is 55.3 Å². The Balaban J connectivity index is 1.61. The Labute approximate surface area is 285 Å². The molecule has 5 N–H and O–H groups in total. The zero-order chi connectivity index (χ0) is 33.9. The number of hydrogen-bond acceptors (Lipinski definition) is 9. The van der Waals surface area contributed by atoms with Crippen molar-refractivity contribution in [3.05, 3.63) is 68.1 Å². The lowest BCUT2D eigenvalue weighted by Crippen LogP contribution is -2.48. The third kappa shape index (κ3) is 10.4. The molecule has 0 spiro atoms. The molecular formula is C34H47N7O4S2. The lowest BCUT2D eigenvalue weighted by atomic mass is 9.98. The summed E-state index contributed by atoms with van der Waals surface area (Å²) >= 11 is 2.65. The summed E-state index contributed by atoms with van der Waals surface area (Å²) in [4.78, 5) is 64.1. The monoisotopic (exact) mass is 681 g/mol. The van der Waals surface area contributed by atoms with Crippen molar-refractivity contribution in [2.45, 2.75) is 84.3 Å². The summed E-state index contributed by atoms with van der Waals surface area (Å²) in [5, 5.41) is 13.8. The molecule has 3 aromatic rings. The number of nitrogens with two attached hydrogens (primary N) is 1. The second-order valence-corrected chi connectivity index (χ2v) is 14.3. The summed E-state index contributed by atoms with van der Waals surface area (Å²) in [5.41, 5.74) is 7.86. The van der Waals surface area contributed by atoms with Crippen LogP contribution in [0.25, 0.3) is 0 Å². The van der Waals surface area contributed by atoms with Crippen molar-refractivity contribution in [3.8, 4) is 0 Å². The minimum absolute atomic E-state index is 0.0153. The van der Waals surface area contributed by atoms with Crippen LogP contribution in [-0.2, 0) is 16.0 Å². The first kappa shape index (κ1) is 36.2. The van der Waals surface area contributed by atoms with E-state index in [1.807, 2.05) is 44.2 Å². The molecule has 4 rings (SSSR count). The van der Waals surface area contributed by atoms with Crippen LogP contribution in [0.3, 0.4) is 0 Å². The van der Waals surface area contributed by atoms with E-state index in [0.717, 1.165) is 12.0 Å². The Morgan fingerprint density at radius 3 is 2.23 bits per heavy atom. The standard InChI is InChI=1S/C34H47N7O4S2/c1-5-22(4)29(35)34(45)41-15-9-13-28(42)37-24(17-21(2)3)32-40-27(20-47-32)31(44)38-25(18-23-11-7-6-8-12-23)33-39-26(19-46-33)30(43)36-14-10-16-41/h6-8,11-12,19-22,24-25,29H,5,9-10,13-18,35H2,1-4H3,(H,36,43)(H,37,42)(H,38,44)/t22-,24+,25+,29-/m1/s1. The fourth-order valence-electron chi connectivity index (χ4n) is 5.38. The number of nitrogens with one attached hydrogen (secondary N) is 3. The molecule has 11 nitrogen and oxygen atoms in total. The second-order valence-electron chi connectivity index (χ2n) is 12.6. The molecule has 2 aromatic heterocycles. The van der Waals surface area contributed by atoms with Gasteiger partial charge in [0.25, 0.3) is 11.8 Å². The molecule has 0 saturated carbocycles. The van der Waals surface area contributed by atoms with Crippen molar-refractivity contribution < 1.29 is 19.2 Å². The molecule has 3 heterocycles. The SMILES string of the molecule is CC[C@@H](C)[C@@H](N)C(=O)N1CCCNC(=O)c2csc(n2)[C@H](Cc2ccccc2)NC(=O)c2csc(n2)[C@H](CC(C)C)NC(=O)CCC1. The van der Waals surface area contributed by atoms with Crippen molar-refractivity contribution in [2.75, 3.05) is 19.6 Å². The fraction of sp³-hybridized carbons (Fsp3) is 0.529. The average Bonchev–Trinajstić information content (AvgIpc) is 3.75. The van der Waals surface area contributed by atoms with Crippen LogP contribution in [0.4, 0.5) is 0 Å². The first-order valence-corrected chi connectivity index (χ1v) is 18.2. The highest BCUT2D eigenvalue weighted by Crippen LogP contribution is 2.27. The van der Waals surface area contributed by atoms with Crippen molar-refractivity contribution in [1.29, 1.82) is 0 Å². The third-order valence-electron chi connectivity index (χ3n) is 8.31. The Bertz CT molecular complexity index is 1490. The van der Waals surface area contributed by atoms with Gasteiger partial charge in [-0.25, -0.2) is 9.97 Å². The molecule has 4 amide bonds. The Hall–Kier alpha value is -3.68. The van der Waals surface area contributed by atoms with E-state index in [2.05, 4.69) is 39.8 Å². The molecule has 0 unspecified atom stereocenters. The number of fused-ring (bicyclic) bond motifs is 4. The number of rotatable bonds is 7. The van der Waals surface area contributed by atoms with Gasteiger partial charge in [-0.05, 0) is 43.1 Å². The van der Waals surface area contributed by atoms with Crippen LogP contribution in [0.1, 0.15) is 108 Å². The van der Waals surface area contributed by atoms with E-state index in [4.69, 9.17) is 5.73 Å². The second kappa shape index (κ2) is 17.5. The summed E-state index contributed by atoms with van der Waals surface area (Å²) in [5.74, 6) is -0.678. The van der Waals surface area contributed by atoms with Crippen molar-refractivity contribution in [3.63, 3.8) is 0 Å². The van der Waals surface area contributed by atoms with Crippen molar-refractivity contribution in [1.82, 2.24) is 30.8 Å². The molecule has 1 aliphatic rings. The number of thiazole rings is 2. The van der Waals surface area contributed by atoms with Gasteiger partial charge in [0.15, 0.2) is 0 Å². The van der Waals surface area contributed by atoms with Crippen LogP contribution >= 0.6 is 22.7 Å². The van der Waals surface area contributed by atoms with Gasteiger partial charge in [-0.15, -0.1) is 22.7 Å². The fourth-order valence-corrected chi connectivity index (χ4v) is 7.09. The minimum Gasteiger partial charge on any atom is -0.351 e. The summed E-state index contributed by atoms with van der Waals surface area (Å²) in [6.07, 6.45) is 3.11. The van der Waals surface area contributed by atoms with Gasteiger partial charge in [-0.2, -0.15) is 0 Å². The average molecular weight is 682 g/mol. The van der Waals surface area contributed by atoms with E-state index < -0.39 is 12.1 Å². The number of carbonyl (C=O) groups is 4. The molecule has 0 saturated heterocycles. The lowest BCUT2D eigenvalue weighted by Gasteiger charge is -2.28. The predicted octanol–water partition coefficient (Wildman–Crippen LogP) is 4.63. The highest BCUT2D eigenvalue weighted by molar-refractivity contribution is 7.10. The van der Waals surface area contributed by atoms with Crippen LogP contribution in [0.15, 0.2) is 41.1 Å². The Morgan fingerprint density at radius 2 is 1.57 bits per heavy atom. The third-order valence-corrected chi connectivity index (χ3v) is 10.2. The molecule has 4 bridgehead atoms. The van der Waals surface area contributed by atoms with Gasteiger partial charge in [0.2, 0.25) is 11.8 Å². The van der Waals surface area contributed by atoms with Gasteiger partial charge in [0.1, 0.15) is 21.4 Å². The van der Waals surface area contributed by atoms with Gasteiger partial charge in [-0.1, -0.05) is 64.4 Å². The Morgan fingerprint density at radius 1 is 0.936 bits per heavy atom. The summed E-state index contributed by atoms with van der Waals surface area (Å²) < 4.78 is 0. The number of aromatic nitrogens is 2. The molecule has 1 aliphatic heterocycles. The lowest BCUT2D eigenvalue weighted by molar-refractivity contribution is -0.134. The zero-order valence-electron chi connectivity index (χ0n) is 27.7. The van der Waals surface area contributed by atoms with E-state index in [9.17, 15) is 19.2 Å². The maximum Gasteiger partial charge on any atom is 0.271 e. The molecule has 13 heteroatoms. The first-order valence-electron chi connectivity index (χ1n) is 16.4. The van der Waals surface area contributed by atoms with Crippen molar-refractivity contribution >= 4 is 46.3 Å². The normalized spacial score (nSPS) is 20.0. The number of benzene rings is 1. The molecule has 47 heavy (non-hydrogen) atoms. The molecule has 1 aromatic carbocycles. The minimum atomic E-state index is -0.638. The van der Waals surface area contributed by atoms with Crippen molar-refractivity contribution in [2.24, 2.45) is 17.6 Å². The van der Waals surface area contributed by atoms with E-state index in [1.54, 1.807) is 15.7 Å². The maximum atomic E-state index is 13.5. The highest BCUT2D eigenvalue weighted by atomic mass is 32.1. The largest absolute Gasteiger partial charge is 0.351 e. The van der Waals surface area contributed by atoms with Gasteiger partial charge in [0.05, 0.1) is 18.1 Å². The van der Waals surface area contributed by atoms with Gasteiger partial charge in [0, 0.05) is 36.8 Å². The smallest absolute Gasteiger partial charge is 0.271 e. The molecule has 254 valence electrons. The van der Waals surface area contributed by atoms with Gasteiger partial charge < -0.3 is 26.6 Å². The highest BCUT2D eigenvalue weighted by Gasteiger charge is 2.27. The summed E-state index contributed by atoms with van der Waals surface area (Å²) in [6, 6.07) is 8.30. The molecular weight excluding hydrogens is 635 g/mol. The quantitative estimate of drug-likeness (QED) is 0.283. The topological polar surface area (TPSA) is 159 Å². The molecule has 0 fully saturated rings. The van der Waals surface area contributed by atoms with Gasteiger partial charge >= 0.3 is 0 Å². The molecule has 4 atom stereocenters. The van der Waals surface area contributed by atoms with Crippen LogP contribution in [0.5, 0.6) is 0 Å². The zero-order valence-corrected chi connectivity index (χ0v) is 29.3. The van der Waals surface area contributed by atoms with Crippen LogP contribution in [0.2, 0.25) is 0 Å². The Kier molecular flexibility index (Phi) is 13.4. The maximum absolute atomic E-state index is 13.5. The summed E-state index contributed by atoms with van der Waals surface area (Å²) in [7, 11) is 0. The van der Waals surface area contributed by atoms with E-state index >= 15 is 0 Å². The number of amides is 4. The summed E-state index contributed by atoms with van der Waals surface area (Å²) in [6.45, 7) is 9.22. The predicted molar refractivity (Wildman–Crippen MR) is 185 cm³/mol. The van der Waals surface area contributed by atoms with Gasteiger partial charge in [-0.3, -0.25) is 19.2 Å². The molecule has 0 aliphatic carbocycles. The van der Waals surface area contributed by atoms with Crippen LogP contribution in [-0.4, -0.2) is 64.2 Å². The number of nitrogens with zero attached hydrogens (tertiary/aromatic N) is 3. The van der Waals surface area contributed by atoms with E-state index in [-0.39, 0.29) is 59.3 Å². The first-order chi connectivity index (χ1) is 22.5. The number of hydrogen-bond donors (Lipinski definition) is 4. The van der Waals surface area contributed by atoms with E-state index in [1.165, 1.54) is 22.7 Å². The molecule has 0 radical (unpaired) electrons. The van der Waals surface area contributed by atoms with Crippen LogP contribution in [0, 0.1) is 11.8 Å². The number of carbonyl (C=O) groups excluding carboxylic acids is 4.